The molecular formula is C21H33IN6O2. The lowest BCUT2D eigenvalue weighted by Crippen LogP contribution is -2.44. The molecule has 1 saturated heterocycles. The molecule has 1 aliphatic rings. The van der Waals surface area contributed by atoms with Crippen LogP contribution in [-0.4, -0.2) is 75.9 Å². The first kappa shape index (κ1) is 24.4. The molecule has 8 nitrogen and oxygen atoms in total. The molecule has 3 heterocycles. The number of nitrogens with zero attached hydrogens (tertiary/aromatic N) is 4. The fourth-order valence-corrected chi connectivity index (χ4v) is 3.05. The van der Waals surface area contributed by atoms with Gasteiger partial charge in [0.2, 0.25) is 0 Å². The second-order valence-corrected chi connectivity index (χ2v) is 7.18. The molecule has 2 aromatic heterocycles. The number of morpholine rings is 1. The van der Waals surface area contributed by atoms with E-state index in [-0.39, 0.29) is 24.0 Å². The molecule has 1 aliphatic heterocycles. The maximum atomic E-state index is 5.41. The summed E-state index contributed by atoms with van der Waals surface area (Å²) in [5.74, 6) is 2.69. The van der Waals surface area contributed by atoms with E-state index in [0.717, 1.165) is 75.6 Å². The molecule has 0 unspecified atom stereocenters. The number of nitrogens with one attached hydrogen (secondary N) is 2. The zero-order valence-electron chi connectivity index (χ0n) is 17.8. The lowest BCUT2D eigenvalue weighted by molar-refractivity contribution is 0.0389. The number of ether oxygens (including phenoxy) is 1. The Morgan fingerprint density at radius 1 is 1.13 bits per heavy atom. The number of aromatic nitrogens is 1. The minimum atomic E-state index is 0. The largest absolute Gasteiger partial charge is 0.469 e. The molecule has 0 saturated carbocycles. The lowest BCUT2D eigenvalue weighted by Gasteiger charge is -2.26. The summed E-state index contributed by atoms with van der Waals surface area (Å²) in [7, 11) is 3.98. The fraction of sp³-hybridized carbons (Fsp3) is 0.524. The van der Waals surface area contributed by atoms with Crippen LogP contribution in [0, 0.1) is 0 Å². The Bertz CT molecular complexity index is 748. The molecule has 30 heavy (non-hydrogen) atoms. The molecule has 0 spiro atoms. The van der Waals surface area contributed by atoms with E-state index in [1.165, 1.54) is 0 Å². The molecule has 2 N–H and O–H groups in total. The first-order valence-electron chi connectivity index (χ1n) is 10.2. The van der Waals surface area contributed by atoms with Crippen LogP contribution in [0.25, 0.3) is 0 Å². The number of halogens is 1. The molecule has 2 aromatic rings. The van der Waals surface area contributed by atoms with Crippen molar-refractivity contribution in [1.82, 2.24) is 20.5 Å². The summed E-state index contributed by atoms with van der Waals surface area (Å²) in [4.78, 5) is 13.8. The monoisotopic (exact) mass is 528 g/mol. The van der Waals surface area contributed by atoms with Gasteiger partial charge in [0.1, 0.15) is 11.6 Å². The van der Waals surface area contributed by atoms with Crippen molar-refractivity contribution in [2.45, 2.75) is 13.0 Å². The molecule has 0 aliphatic carbocycles. The minimum Gasteiger partial charge on any atom is -0.469 e. The van der Waals surface area contributed by atoms with Crippen LogP contribution in [0.5, 0.6) is 0 Å². The van der Waals surface area contributed by atoms with Gasteiger partial charge in [0.15, 0.2) is 5.96 Å². The second-order valence-electron chi connectivity index (χ2n) is 7.18. The van der Waals surface area contributed by atoms with Gasteiger partial charge in [0.05, 0.1) is 31.7 Å². The Morgan fingerprint density at radius 3 is 2.67 bits per heavy atom. The summed E-state index contributed by atoms with van der Waals surface area (Å²) in [5.41, 5.74) is 0.941. The van der Waals surface area contributed by atoms with Crippen molar-refractivity contribution in [1.29, 1.82) is 0 Å². The second kappa shape index (κ2) is 13.5. The van der Waals surface area contributed by atoms with Crippen molar-refractivity contribution in [3.05, 3.63) is 48.0 Å². The number of rotatable bonds is 9. The molecule has 9 heteroatoms. The van der Waals surface area contributed by atoms with Crippen molar-refractivity contribution >= 4 is 35.8 Å². The molecule has 0 amide bonds. The molecule has 0 bridgehead atoms. The van der Waals surface area contributed by atoms with E-state index in [1.807, 2.05) is 49.3 Å². The Kier molecular flexibility index (Phi) is 11.0. The van der Waals surface area contributed by atoms with Crippen molar-refractivity contribution in [3.8, 4) is 0 Å². The van der Waals surface area contributed by atoms with Gasteiger partial charge in [-0.3, -0.25) is 4.90 Å². The van der Waals surface area contributed by atoms with Gasteiger partial charge in [-0.05, 0) is 24.3 Å². The molecule has 0 aromatic carbocycles. The summed E-state index contributed by atoms with van der Waals surface area (Å²) in [5, 5.41) is 6.84. The fourth-order valence-electron chi connectivity index (χ4n) is 3.05. The number of furan rings is 1. The maximum Gasteiger partial charge on any atom is 0.191 e. The number of guanidine groups is 1. The first-order chi connectivity index (χ1) is 14.2. The zero-order valence-corrected chi connectivity index (χ0v) is 20.2. The van der Waals surface area contributed by atoms with Crippen LogP contribution in [-0.2, 0) is 17.7 Å². The van der Waals surface area contributed by atoms with E-state index < -0.39 is 0 Å². The Balaban J connectivity index is 0.00000320. The Hall–Kier alpha value is -1.85. The van der Waals surface area contributed by atoms with Crippen molar-refractivity contribution < 1.29 is 9.15 Å². The predicted octanol–water partition coefficient (Wildman–Crippen LogP) is 1.97. The van der Waals surface area contributed by atoms with Gasteiger partial charge < -0.3 is 24.7 Å². The SMILES string of the molecule is CN(C)c1cccc(CN=C(NCCc2ccco2)NCCN2CCOCC2)n1.I. The smallest absolute Gasteiger partial charge is 0.191 e. The van der Waals surface area contributed by atoms with Gasteiger partial charge in [-0.2, -0.15) is 0 Å². The van der Waals surface area contributed by atoms with E-state index in [1.54, 1.807) is 6.26 Å². The van der Waals surface area contributed by atoms with Crippen LogP contribution in [0.3, 0.4) is 0 Å². The van der Waals surface area contributed by atoms with Crippen LogP contribution >= 0.6 is 24.0 Å². The molecular weight excluding hydrogens is 495 g/mol. The molecule has 3 rings (SSSR count). The first-order valence-corrected chi connectivity index (χ1v) is 10.2. The number of aliphatic imine (C=N–C) groups is 1. The highest BCUT2D eigenvalue weighted by molar-refractivity contribution is 14.0. The van der Waals surface area contributed by atoms with Crippen LogP contribution in [0.15, 0.2) is 46.0 Å². The highest BCUT2D eigenvalue weighted by Gasteiger charge is 2.10. The summed E-state index contributed by atoms with van der Waals surface area (Å²) >= 11 is 0. The maximum absolute atomic E-state index is 5.41. The van der Waals surface area contributed by atoms with Crippen LogP contribution in [0.4, 0.5) is 5.82 Å². The molecule has 0 radical (unpaired) electrons. The average Bonchev–Trinajstić information content (AvgIpc) is 3.26. The van der Waals surface area contributed by atoms with E-state index in [2.05, 4.69) is 20.5 Å². The summed E-state index contributed by atoms with van der Waals surface area (Å²) in [6, 6.07) is 9.92. The van der Waals surface area contributed by atoms with E-state index >= 15 is 0 Å². The van der Waals surface area contributed by atoms with Crippen LogP contribution in [0.2, 0.25) is 0 Å². The number of pyridine rings is 1. The lowest BCUT2D eigenvalue weighted by atomic mass is 10.3. The quantitative estimate of drug-likeness (QED) is 0.293. The topological polar surface area (TPSA) is 78.2 Å². The number of hydrogen-bond acceptors (Lipinski definition) is 6. The van der Waals surface area contributed by atoms with E-state index in [9.17, 15) is 0 Å². The third kappa shape index (κ3) is 8.49. The third-order valence-corrected chi connectivity index (χ3v) is 4.72. The van der Waals surface area contributed by atoms with Crippen molar-refractivity contribution in [2.24, 2.45) is 4.99 Å². The Morgan fingerprint density at radius 2 is 1.93 bits per heavy atom. The normalized spacial score (nSPS) is 14.8. The van der Waals surface area contributed by atoms with Gasteiger partial charge >= 0.3 is 0 Å². The van der Waals surface area contributed by atoms with Gasteiger partial charge in [0.25, 0.3) is 0 Å². The summed E-state index contributed by atoms with van der Waals surface area (Å²) < 4.78 is 10.8. The van der Waals surface area contributed by atoms with Crippen molar-refractivity contribution in [2.75, 3.05) is 64.9 Å². The summed E-state index contributed by atoms with van der Waals surface area (Å²) in [6.07, 6.45) is 2.51. The minimum absolute atomic E-state index is 0. The number of anilines is 1. The highest BCUT2D eigenvalue weighted by atomic mass is 127. The van der Waals surface area contributed by atoms with Gasteiger partial charge in [-0.1, -0.05) is 6.07 Å². The average molecular weight is 528 g/mol. The predicted molar refractivity (Wildman–Crippen MR) is 131 cm³/mol. The molecule has 1 fully saturated rings. The van der Waals surface area contributed by atoms with E-state index in [4.69, 9.17) is 14.1 Å². The summed E-state index contributed by atoms with van der Waals surface area (Å²) in [6.45, 7) is 6.68. The highest BCUT2D eigenvalue weighted by Crippen LogP contribution is 2.08. The number of hydrogen-bond donors (Lipinski definition) is 2. The van der Waals surface area contributed by atoms with Crippen LogP contribution < -0.4 is 15.5 Å². The van der Waals surface area contributed by atoms with Crippen molar-refractivity contribution in [3.63, 3.8) is 0 Å². The standard InChI is InChI=1S/C21H32N6O2.HI/c1-26(2)20-7-3-5-18(25-20)17-24-21(22-9-8-19-6-4-14-29-19)23-10-11-27-12-15-28-16-13-27;/h3-7,14H,8-13,15-17H2,1-2H3,(H2,22,23,24);1H. The van der Waals surface area contributed by atoms with Gasteiger partial charge in [-0.25, -0.2) is 9.98 Å². The van der Waals surface area contributed by atoms with Crippen LogP contribution in [0.1, 0.15) is 11.5 Å². The zero-order chi connectivity index (χ0) is 20.3. The van der Waals surface area contributed by atoms with Gasteiger partial charge in [-0.15, -0.1) is 24.0 Å². The van der Waals surface area contributed by atoms with E-state index in [0.29, 0.717) is 6.54 Å². The van der Waals surface area contributed by atoms with Gasteiger partial charge in [0, 0.05) is 53.2 Å². The molecule has 0 atom stereocenters. The third-order valence-electron chi connectivity index (χ3n) is 4.72. The molecule has 166 valence electrons. The Labute approximate surface area is 196 Å².